The second kappa shape index (κ2) is 8.46. The van der Waals surface area contributed by atoms with Crippen LogP contribution in [0.5, 0.6) is 0 Å². The average molecular weight is 346 g/mol. The number of nitrogens with zero attached hydrogens (tertiary/aromatic N) is 4. The minimum atomic E-state index is -4.94. The zero-order valence-corrected chi connectivity index (χ0v) is 14.0. The molecular weight excluding hydrogens is 330 g/mol. The molecule has 0 aliphatic rings. The molecule has 0 spiro atoms. The van der Waals surface area contributed by atoms with Gasteiger partial charge in [0.15, 0.2) is 0 Å². The van der Waals surface area contributed by atoms with Gasteiger partial charge in [0.2, 0.25) is 5.96 Å². The van der Waals surface area contributed by atoms with Crippen molar-refractivity contribution in [2.75, 3.05) is 40.1 Å². The number of anilines is 1. The predicted molar refractivity (Wildman–Crippen MR) is 67.9 cm³/mol. The van der Waals surface area contributed by atoms with Crippen LogP contribution in [0.3, 0.4) is 0 Å². The fourth-order valence-electron chi connectivity index (χ4n) is 1.02. The SMILES string of the molecule is CN=C(NC)N(C)c1nc(=[N+](C)C)ss1.[O-][Cl+3]([O-])([O-])[O-]. The molecule has 0 unspecified atom stereocenters. The Morgan fingerprint density at radius 3 is 2.10 bits per heavy atom. The van der Waals surface area contributed by atoms with Crippen molar-refractivity contribution in [1.82, 2.24) is 14.9 Å². The van der Waals surface area contributed by atoms with Crippen LogP contribution in [-0.4, -0.2) is 46.2 Å². The lowest BCUT2D eigenvalue weighted by Crippen LogP contribution is -2.68. The van der Waals surface area contributed by atoms with Gasteiger partial charge in [0.05, 0.1) is 14.1 Å². The lowest BCUT2D eigenvalue weighted by molar-refractivity contribution is -2.00. The van der Waals surface area contributed by atoms with Crippen molar-refractivity contribution in [1.29, 1.82) is 0 Å². The van der Waals surface area contributed by atoms with E-state index in [4.69, 9.17) is 18.6 Å². The van der Waals surface area contributed by atoms with Crippen molar-refractivity contribution in [2.24, 2.45) is 4.99 Å². The van der Waals surface area contributed by atoms with Gasteiger partial charge in [-0.1, -0.05) is 0 Å². The van der Waals surface area contributed by atoms with E-state index >= 15 is 0 Å². The molecular formula is C8H16ClN5O4S2. The van der Waals surface area contributed by atoms with E-state index in [1.165, 1.54) is 0 Å². The summed E-state index contributed by atoms with van der Waals surface area (Å²) >= 11 is 0. The summed E-state index contributed by atoms with van der Waals surface area (Å²) in [7, 11) is 7.88. The summed E-state index contributed by atoms with van der Waals surface area (Å²) in [5.41, 5.74) is 0. The van der Waals surface area contributed by atoms with Crippen LogP contribution in [0.4, 0.5) is 5.13 Å². The maximum Gasteiger partial charge on any atom is 0.390 e. The Bertz CT molecular complexity index is 499. The van der Waals surface area contributed by atoms with E-state index in [9.17, 15) is 0 Å². The highest BCUT2D eigenvalue weighted by molar-refractivity contribution is 7.69. The van der Waals surface area contributed by atoms with Crippen LogP contribution in [0.25, 0.3) is 0 Å². The van der Waals surface area contributed by atoms with Crippen LogP contribution in [0.15, 0.2) is 4.99 Å². The second-order valence-corrected chi connectivity index (χ2v) is 6.29. The number of hydrogen-bond acceptors (Lipinski definition) is 8. The zero-order chi connectivity index (χ0) is 15.9. The molecule has 1 N–H and O–H groups in total. The Labute approximate surface area is 125 Å². The molecule has 1 heterocycles. The first-order valence-electron chi connectivity index (χ1n) is 5.07. The largest absolute Gasteiger partial charge is 0.390 e. The highest BCUT2D eigenvalue weighted by Crippen LogP contribution is 2.16. The molecule has 1 rings (SSSR count). The minimum absolute atomic E-state index is 0.807. The van der Waals surface area contributed by atoms with E-state index in [2.05, 4.69) is 15.3 Å². The molecule has 0 amide bonds. The molecule has 0 atom stereocenters. The summed E-state index contributed by atoms with van der Waals surface area (Å²) in [4.78, 5) is 11.6. The Hall–Kier alpha value is -0.820. The number of hydrogen-bond donors (Lipinski definition) is 1. The van der Waals surface area contributed by atoms with Gasteiger partial charge in [0, 0.05) is 36.5 Å². The van der Waals surface area contributed by atoms with Crippen LogP contribution in [0.2, 0.25) is 0 Å². The predicted octanol–water partition coefficient (Wildman–Crippen LogP) is -4.88. The molecule has 12 heteroatoms. The van der Waals surface area contributed by atoms with Crippen LogP contribution in [0, 0.1) is 10.2 Å². The maximum atomic E-state index is 8.49. The molecule has 0 fully saturated rings. The Morgan fingerprint density at radius 2 is 1.80 bits per heavy atom. The standard InChI is InChI=1S/C8H16N5S2.ClHO4/c1-9-6(10-2)13(5)8-11-7(12(3)4)14-15-8;2-1(3,4)5/h1-5H3,(H,9,10);(H,2,3,4,5)/q+1;/p-1. The molecule has 116 valence electrons. The van der Waals surface area contributed by atoms with Gasteiger partial charge in [0.25, 0.3) is 0 Å². The smallest absolute Gasteiger partial charge is 0.359 e. The van der Waals surface area contributed by atoms with Gasteiger partial charge >= 0.3 is 9.93 Å². The Balaban J connectivity index is 0.000000621. The van der Waals surface area contributed by atoms with Crippen molar-refractivity contribution < 1.29 is 28.9 Å². The first kappa shape index (κ1) is 19.2. The highest BCUT2D eigenvalue weighted by Gasteiger charge is 2.16. The molecule has 0 aliphatic heterocycles. The Morgan fingerprint density at radius 1 is 1.30 bits per heavy atom. The summed E-state index contributed by atoms with van der Waals surface area (Å²) in [5, 5.41) is 3.97. The molecule has 0 saturated heterocycles. The van der Waals surface area contributed by atoms with E-state index in [0.717, 1.165) is 15.9 Å². The van der Waals surface area contributed by atoms with Crippen molar-refractivity contribution >= 4 is 31.8 Å². The quantitative estimate of drug-likeness (QED) is 0.233. The van der Waals surface area contributed by atoms with Gasteiger partial charge in [-0.2, -0.15) is 0 Å². The third-order valence-electron chi connectivity index (χ3n) is 1.80. The van der Waals surface area contributed by atoms with Crippen molar-refractivity contribution in [3.63, 3.8) is 0 Å². The van der Waals surface area contributed by atoms with E-state index in [1.54, 1.807) is 27.7 Å². The molecule has 0 aliphatic carbocycles. The number of halogens is 1. The molecule has 0 aromatic carbocycles. The van der Waals surface area contributed by atoms with Gasteiger partial charge in [0.1, 0.15) is 0 Å². The van der Waals surface area contributed by atoms with Crippen molar-refractivity contribution in [3.05, 3.63) is 4.80 Å². The number of guanidine groups is 1. The second-order valence-electron chi connectivity index (χ2n) is 3.47. The molecule has 20 heavy (non-hydrogen) atoms. The molecule has 0 bridgehead atoms. The fraction of sp³-hybridized carbons (Fsp3) is 0.625. The molecule has 0 radical (unpaired) electrons. The highest BCUT2D eigenvalue weighted by atomic mass is 35.7. The number of aromatic nitrogens is 1. The van der Waals surface area contributed by atoms with Crippen molar-refractivity contribution in [2.45, 2.75) is 0 Å². The molecule has 1 aromatic heterocycles. The lowest BCUT2D eigenvalue weighted by Gasteiger charge is -2.17. The minimum Gasteiger partial charge on any atom is -0.359 e. The third-order valence-corrected chi connectivity index (χ3v) is 4.15. The number of nitrogens with one attached hydrogen (secondary N) is 1. The van der Waals surface area contributed by atoms with Gasteiger partial charge in [-0.05, 0) is 10.3 Å². The van der Waals surface area contributed by atoms with E-state index in [-0.39, 0.29) is 0 Å². The normalized spacial score (nSPS) is 11.6. The maximum absolute atomic E-state index is 8.49. The summed E-state index contributed by atoms with van der Waals surface area (Å²) in [6, 6.07) is 0. The van der Waals surface area contributed by atoms with Gasteiger partial charge in [-0.3, -0.25) is 14.5 Å². The van der Waals surface area contributed by atoms with Crippen LogP contribution in [0.1, 0.15) is 0 Å². The van der Waals surface area contributed by atoms with E-state index in [1.807, 2.05) is 37.7 Å². The van der Waals surface area contributed by atoms with Gasteiger partial charge in [-0.15, -0.1) is 10.2 Å². The monoisotopic (exact) mass is 345 g/mol. The fourth-order valence-corrected chi connectivity index (χ4v) is 3.27. The summed E-state index contributed by atoms with van der Waals surface area (Å²) in [6.45, 7) is 0. The molecule has 0 saturated carbocycles. The lowest BCUT2D eigenvalue weighted by atomic mass is 10.7. The van der Waals surface area contributed by atoms with Crippen LogP contribution < -0.4 is 38.2 Å². The zero-order valence-electron chi connectivity index (χ0n) is 11.6. The molecule has 9 nitrogen and oxygen atoms in total. The van der Waals surface area contributed by atoms with Crippen molar-refractivity contribution in [3.8, 4) is 0 Å². The molecule has 1 aromatic rings. The first-order chi connectivity index (χ1) is 9.10. The average Bonchev–Trinajstić information content (AvgIpc) is 2.77. The summed E-state index contributed by atoms with van der Waals surface area (Å²) in [6.07, 6.45) is 0. The topological polar surface area (TPSA) is 136 Å². The van der Waals surface area contributed by atoms with Crippen LogP contribution >= 0.6 is 20.7 Å². The van der Waals surface area contributed by atoms with E-state index in [0.29, 0.717) is 0 Å². The number of aliphatic imine (C=N–C) groups is 1. The van der Waals surface area contributed by atoms with Gasteiger partial charge in [-0.25, -0.2) is 18.6 Å². The Kier molecular flexibility index (Phi) is 8.12. The van der Waals surface area contributed by atoms with E-state index < -0.39 is 10.2 Å². The first-order valence-corrected chi connectivity index (χ1v) is 8.46. The summed E-state index contributed by atoms with van der Waals surface area (Å²) < 4.78 is 36.0. The van der Waals surface area contributed by atoms with Crippen LogP contribution in [-0.2, 0) is 0 Å². The summed E-state index contributed by atoms with van der Waals surface area (Å²) in [5.74, 6) is 0.807. The van der Waals surface area contributed by atoms with Gasteiger partial charge < -0.3 is 5.32 Å². The number of rotatable bonds is 1. The third kappa shape index (κ3) is 7.69.